The van der Waals surface area contributed by atoms with Crippen LogP contribution >= 0.6 is 0 Å². The van der Waals surface area contributed by atoms with Crippen molar-refractivity contribution < 1.29 is 0 Å². The highest BCUT2D eigenvalue weighted by molar-refractivity contribution is 5.11. The van der Waals surface area contributed by atoms with Gasteiger partial charge in [0.05, 0.1) is 0 Å². The summed E-state index contributed by atoms with van der Waals surface area (Å²) in [6.45, 7) is 5.30. The van der Waals surface area contributed by atoms with Crippen LogP contribution in [0.15, 0.2) is 6.20 Å². The fraction of sp³-hybridized carbons (Fsp3) is 0.700. The van der Waals surface area contributed by atoms with Gasteiger partial charge < -0.3 is 10.3 Å². The predicted octanol–water partition coefficient (Wildman–Crippen LogP) is 1.28. The first-order valence-corrected chi connectivity index (χ1v) is 4.98. The molecule has 0 aromatic carbocycles. The van der Waals surface area contributed by atoms with E-state index in [1.54, 1.807) is 0 Å². The van der Waals surface area contributed by atoms with Crippen molar-refractivity contribution in [3.63, 3.8) is 0 Å². The highest BCUT2D eigenvalue weighted by Crippen LogP contribution is 2.20. The van der Waals surface area contributed by atoms with Gasteiger partial charge in [0, 0.05) is 30.4 Å². The van der Waals surface area contributed by atoms with Crippen molar-refractivity contribution in [2.24, 2.45) is 5.73 Å². The Morgan fingerprint density at radius 1 is 1.62 bits per heavy atom. The van der Waals surface area contributed by atoms with Crippen LogP contribution in [0.3, 0.4) is 0 Å². The maximum Gasteiger partial charge on any atom is 0.111 e. The summed E-state index contributed by atoms with van der Waals surface area (Å²) in [4.78, 5) is 4.44. The van der Waals surface area contributed by atoms with E-state index in [-0.39, 0.29) is 0 Å². The topological polar surface area (TPSA) is 43.8 Å². The van der Waals surface area contributed by atoms with Gasteiger partial charge in [-0.1, -0.05) is 13.8 Å². The molecule has 0 amide bonds. The molecule has 2 heterocycles. The quantitative estimate of drug-likeness (QED) is 0.705. The minimum absolute atomic E-state index is 0.319. The molecule has 3 heteroatoms. The van der Waals surface area contributed by atoms with Gasteiger partial charge in [-0.15, -0.1) is 0 Å². The van der Waals surface area contributed by atoms with Crippen LogP contribution in [0.2, 0.25) is 0 Å². The van der Waals surface area contributed by atoms with Gasteiger partial charge in [-0.2, -0.15) is 0 Å². The number of aryl methyl sites for hydroxylation is 1. The smallest absolute Gasteiger partial charge is 0.111 e. The molecule has 1 aromatic rings. The first-order chi connectivity index (χ1) is 6.18. The molecule has 1 aliphatic rings. The molecule has 0 aliphatic carbocycles. The maximum absolute atomic E-state index is 5.93. The molecular weight excluding hydrogens is 162 g/mol. The van der Waals surface area contributed by atoms with Gasteiger partial charge >= 0.3 is 0 Å². The van der Waals surface area contributed by atoms with Crippen molar-refractivity contribution in [1.29, 1.82) is 0 Å². The lowest BCUT2D eigenvalue weighted by Crippen LogP contribution is -2.32. The Kier molecular flexibility index (Phi) is 2.12. The largest absolute Gasteiger partial charge is 0.330 e. The molecule has 2 rings (SSSR count). The first kappa shape index (κ1) is 8.75. The second-order valence-electron chi connectivity index (χ2n) is 4.17. The third-order valence-electron chi connectivity index (χ3n) is 2.67. The van der Waals surface area contributed by atoms with Crippen molar-refractivity contribution in [2.45, 2.75) is 45.2 Å². The molecule has 0 saturated heterocycles. The number of hydrogen-bond donors (Lipinski definition) is 1. The van der Waals surface area contributed by atoms with Crippen molar-refractivity contribution in [1.82, 2.24) is 9.55 Å². The van der Waals surface area contributed by atoms with Gasteiger partial charge in [0.25, 0.3) is 0 Å². The fourth-order valence-corrected chi connectivity index (χ4v) is 1.96. The van der Waals surface area contributed by atoms with E-state index in [0.717, 1.165) is 19.4 Å². The summed E-state index contributed by atoms with van der Waals surface area (Å²) in [6.07, 6.45) is 4.19. The highest BCUT2D eigenvalue weighted by Gasteiger charge is 2.19. The number of hydrogen-bond acceptors (Lipinski definition) is 2. The van der Waals surface area contributed by atoms with Gasteiger partial charge in [0.2, 0.25) is 0 Å². The maximum atomic E-state index is 5.93. The van der Waals surface area contributed by atoms with Gasteiger partial charge in [-0.05, 0) is 12.8 Å². The SMILES string of the molecule is CC(C)c1ncc2n1CC(N)CC2. The van der Waals surface area contributed by atoms with Gasteiger partial charge in [-0.25, -0.2) is 4.98 Å². The molecular formula is C10H17N3. The monoisotopic (exact) mass is 179 g/mol. The molecule has 0 saturated carbocycles. The lowest BCUT2D eigenvalue weighted by atomic mass is 10.1. The minimum Gasteiger partial charge on any atom is -0.330 e. The molecule has 1 unspecified atom stereocenters. The van der Waals surface area contributed by atoms with Crippen LogP contribution in [0.1, 0.15) is 37.7 Å². The van der Waals surface area contributed by atoms with E-state index in [9.17, 15) is 0 Å². The summed E-state index contributed by atoms with van der Waals surface area (Å²) < 4.78 is 2.29. The highest BCUT2D eigenvalue weighted by atomic mass is 15.1. The molecule has 72 valence electrons. The van der Waals surface area contributed by atoms with Crippen molar-refractivity contribution >= 4 is 0 Å². The van der Waals surface area contributed by atoms with Crippen LogP contribution in [-0.2, 0) is 13.0 Å². The predicted molar refractivity (Wildman–Crippen MR) is 52.6 cm³/mol. The summed E-state index contributed by atoms with van der Waals surface area (Å²) in [5.74, 6) is 1.68. The Hall–Kier alpha value is -0.830. The van der Waals surface area contributed by atoms with Crippen LogP contribution < -0.4 is 5.73 Å². The molecule has 0 radical (unpaired) electrons. The molecule has 1 aromatic heterocycles. The summed E-state index contributed by atoms with van der Waals surface area (Å²) in [7, 11) is 0. The Balaban J connectivity index is 2.35. The zero-order valence-electron chi connectivity index (χ0n) is 8.33. The Bertz CT molecular complexity index is 301. The second-order valence-corrected chi connectivity index (χ2v) is 4.17. The van der Waals surface area contributed by atoms with Crippen molar-refractivity contribution in [2.75, 3.05) is 0 Å². The average Bonchev–Trinajstić information content (AvgIpc) is 2.46. The van der Waals surface area contributed by atoms with E-state index in [2.05, 4.69) is 23.4 Å². The number of rotatable bonds is 1. The Labute approximate surface area is 79.0 Å². The Morgan fingerprint density at radius 2 is 2.38 bits per heavy atom. The van der Waals surface area contributed by atoms with Crippen LogP contribution in [0.4, 0.5) is 0 Å². The third-order valence-corrected chi connectivity index (χ3v) is 2.67. The summed E-state index contributed by atoms with van der Waals surface area (Å²) in [5, 5.41) is 0. The number of nitrogens with zero attached hydrogens (tertiary/aromatic N) is 2. The third kappa shape index (κ3) is 1.48. The van der Waals surface area contributed by atoms with E-state index in [4.69, 9.17) is 5.73 Å². The molecule has 3 nitrogen and oxygen atoms in total. The van der Waals surface area contributed by atoms with Crippen molar-refractivity contribution in [3.05, 3.63) is 17.7 Å². The van der Waals surface area contributed by atoms with Gasteiger partial charge in [0.1, 0.15) is 5.82 Å². The van der Waals surface area contributed by atoms with E-state index < -0.39 is 0 Å². The van der Waals surface area contributed by atoms with Gasteiger partial charge in [0.15, 0.2) is 0 Å². The number of imidazole rings is 1. The average molecular weight is 179 g/mol. The Morgan fingerprint density at radius 3 is 3.08 bits per heavy atom. The molecule has 1 aliphatic heterocycles. The molecule has 0 bridgehead atoms. The van der Waals surface area contributed by atoms with Crippen LogP contribution in [0, 0.1) is 0 Å². The van der Waals surface area contributed by atoms with Gasteiger partial charge in [-0.3, -0.25) is 0 Å². The molecule has 0 fully saturated rings. The standard InChI is InChI=1S/C10H17N3/c1-7(2)10-12-5-9-4-3-8(11)6-13(9)10/h5,7-8H,3-4,6,11H2,1-2H3. The van der Waals surface area contributed by atoms with Crippen LogP contribution in [0.5, 0.6) is 0 Å². The minimum atomic E-state index is 0.319. The zero-order chi connectivity index (χ0) is 9.42. The fourth-order valence-electron chi connectivity index (χ4n) is 1.96. The van der Waals surface area contributed by atoms with E-state index >= 15 is 0 Å². The molecule has 2 N–H and O–H groups in total. The number of nitrogens with two attached hydrogens (primary N) is 1. The normalized spacial score (nSPS) is 22.0. The van der Waals surface area contributed by atoms with Crippen LogP contribution in [0.25, 0.3) is 0 Å². The lowest BCUT2D eigenvalue weighted by molar-refractivity contribution is 0.443. The molecule has 0 spiro atoms. The number of fused-ring (bicyclic) bond motifs is 1. The van der Waals surface area contributed by atoms with Crippen LogP contribution in [-0.4, -0.2) is 15.6 Å². The lowest BCUT2D eigenvalue weighted by Gasteiger charge is -2.23. The summed E-state index contributed by atoms with van der Waals surface area (Å²) in [5.41, 5.74) is 7.28. The van der Waals surface area contributed by atoms with E-state index in [1.807, 2.05) is 6.20 Å². The second kappa shape index (κ2) is 3.14. The zero-order valence-corrected chi connectivity index (χ0v) is 8.33. The summed E-state index contributed by atoms with van der Waals surface area (Å²) in [6, 6.07) is 0.319. The summed E-state index contributed by atoms with van der Waals surface area (Å²) >= 11 is 0. The molecule has 13 heavy (non-hydrogen) atoms. The van der Waals surface area contributed by atoms with Crippen molar-refractivity contribution in [3.8, 4) is 0 Å². The van der Waals surface area contributed by atoms with E-state index in [1.165, 1.54) is 11.5 Å². The van der Waals surface area contributed by atoms with E-state index in [0.29, 0.717) is 12.0 Å². The first-order valence-electron chi connectivity index (χ1n) is 4.98. The molecule has 1 atom stereocenters. The number of aromatic nitrogens is 2.